The zero-order valence-corrected chi connectivity index (χ0v) is 11.6. The van der Waals surface area contributed by atoms with Gasteiger partial charge in [-0.1, -0.05) is 12.7 Å². The number of hydrogen-bond donors (Lipinski definition) is 0. The lowest BCUT2D eigenvalue weighted by atomic mass is 10.0. The van der Waals surface area contributed by atoms with E-state index in [1.807, 2.05) is 0 Å². The molecule has 0 bridgehead atoms. The molecule has 0 aliphatic carbocycles. The Labute approximate surface area is 110 Å². The zero-order valence-electron chi connectivity index (χ0n) is 10.0. The molecule has 0 atom stereocenters. The minimum absolute atomic E-state index is 0.196. The summed E-state index contributed by atoms with van der Waals surface area (Å²) in [6.07, 6.45) is 4.98. The van der Waals surface area contributed by atoms with Crippen LogP contribution in [0.15, 0.2) is 34.8 Å². The van der Waals surface area contributed by atoms with Crippen LogP contribution in [0.3, 0.4) is 0 Å². The molecule has 1 aliphatic rings. The number of ether oxygens (including phenoxy) is 2. The van der Waals surface area contributed by atoms with Gasteiger partial charge in [0.05, 0.1) is 11.1 Å². The summed E-state index contributed by atoms with van der Waals surface area (Å²) in [6, 6.07) is 0. The van der Waals surface area contributed by atoms with Crippen LogP contribution in [0.25, 0.3) is 0 Å². The summed E-state index contributed by atoms with van der Waals surface area (Å²) < 4.78 is 24.9. The lowest BCUT2D eigenvalue weighted by Gasteiger charge is -2.22. The Bertz CT molecular complexity index is 317. The van der Waals surface area contributed by atoms with Crippen LogP contribution in [0.5, 0.6) is 0 Å². The van der Waals surface area contributed by atoms with Crippen LogP contribution in [0, 0.1) is 5.92 Å². The first-order chi connectivity index (χ1) is 8.19. The van der Waals surface area contributed by atoms with E-state index in [9.17, 15) is 4.39 Å². The fraction of sp³-hybridized carbons (Fsp3) is 0.538. The van der Waals surface area contributed by atoms with Gasteiger partial charge in [0, 0.05) is 13.2 Å². The average molecular weight is 305 g/mol. The maximum absolute atomic E-state index is 13.8. The molecule has 0 aromatic rings. The number of hydrogen-bond acceptors (Lipinski definition) is 2. The van der Waals surface area contributed by atoms with Gasteiger partial charge in [0.25, 0.3) is 0 Å². The van der Waals surface area contributed by atoms with Crippen LogP contribution in [-0.2, 0) is 9.47 Å². The number of rotatable bonds is 5. The van der Waals surface area contributed by atoms with E-state index in [0.717, 1.165) is 26.1 Å². The standard InChI is InChI=1S/C13H18BrFO2/c1-3-11(14)13(15)12(4-2)17-9-10-5-7-16-8-6-10/h3-4,10H,2,5-9H2,1H3. The highest BCUT2D eigenvalue weighted by atomic mass is 79.9. The first kappa shape index (κ1) is 14.5. The summed E-state index contributed by atoms with van der Waals surface area (Å²) in [5.41, 5.74) is 0. The van der Waals surface area contributed by atoms with Crippen LogP contribution in [-0.4, -0.2) is 19.8 Å². The van der Waals surface area contributed by atoms with Crippen LogP contribution in [0.2, 0.25) is 0 Å². The molecule has 0 aromatic carbocycles. The van der Waals surface area contributed by atoms with Gasteiger partial charge in [-0.3, -0.25) is 0 Å². The molecule has 1 heterocycles. The van der Waals surface area contributed by atoms with Crippen molar-refractivity contribution in [3.05, 3.63) is 34.8 Å². The number of allylic oxidation sites excluding steroid dienone is 4. The van der Waals surface area contributed by atoms with Gasteiger partial charge < -0.3 is 9.47 Å². The van der Waals surface area contributed by atoms with Gasteiger partial charge in [0.2, 0.25) is 0 Å². The third-order valence-electron chi connectivity index (χ3n) is 2.68. The summed E-state index contributed by atoms with van der Waals surface area (Å²) in [5.74, 6) is 0.229. The van der Waals surface area contributed by atoms with Gasteiger partial charge in [0.15, 0.2) is 11.6 Å². The molecular weight excluding hydrogens is 287 g/mol. The van der Waals surface area contributed by atoms with Gasteiger partial charge in [-0.05, 0) is 47.7 Å². The van der Waals surface area contributed by atoms with Crippen molar-refractivity contribution in [2.24, 2.45) is 5.92 Å². The van der Waals surface area contributed by atoms with E-state index in [1.165, 1.54) is 6.08 Å². The minimum Gasteiger partial charge on any atom is -0.490 e. The Morgan fingerprint density at radius 3 is 2.71 bits per heavy atom. The Balaban J connectivity index is 2.54. The van der Waals surface area contributed by atoms with Crippen LogP contribution in [0.4, 0.5) is 4.39 Å². The molecule has 2 nitrogen and oxygen atoms in total. The molecule has 1 fully saturated rings. The molecule has 0 N–H and O–H groups in total. The largest absolute Gasteiger partial charge is 0.490 e. The Hall–Kier alpha value is -0.610. The molecule has 0 radical (unpaired) electrons. The predicted molar refractivity (Wildman–Crippen MR) is 70.5 cm³/mol. The summed E-state index contributed by atoms with van der Waals surface area (Å²) in [5, 5.41) is 0. The van der Waals surface area contributed by atoms with Crippen LogP contribution in [0.1, 0.15) is 19.8 Å². The van der Waals surface area contributed by atoms with Gasteiger partial charge >= 0.3 is 0 Å². The molecule has 4 heteroatoms. The molecule has 1 saturated heterocycles. The summed E-state index contributed by atoms with van der Waals surface area (Å²) in [6.45, 7) is 7.37. The van der Waals surface area contributed by atoms with Crippen LogP contribution < -0.4 is 0 Å². The molecule has 0 unspecified atom stereocenters. The monoisotopic (exact) mass is 304 g/mol. The first-order valence-corrected chi connectivity index (χ1v) is 6.53. The Morgan fingerprint density at radius 1 is 1.53 bits per heavy atom. The van der Waals surface area contributed by atoms with Gasteiger partial charge in [0.1, 0.15) is 0 Å². The highest BCUT2D eigenvalue weighted by molar-refractivity contribution is 9.11. The van der Waals surface area contributed by atoms with Crippen molar-refractivity contribution in [3.63, 3.8) is 0 Å². The second-order valence-corrected chi connectivity index (χ2v) is 4.74. The average Bonchev–Trinajstić information content (AvgIpc) is 2.39. The molecule has 0 amide bonds. The van der Waals surface area contributed by atoms with Gasteiger partial charge in [-0.15, -0.1) is 0 Å². The maximum Gasteiger partial charge on any atom is 0.178 e. The van der Waals surface area contributed by atoms with E-state index < -0.39 is 5.83 Å². The second-order valence-electron chi connectivity index (χ2n) is 3.89. The molecule has 96 valence electrons. The van der Waals surface area contributed by atoms with Gasteiger partial charge in [-0.2, -0.15) is 0 Å². The topological polar surface area (TPSA) is 18.5 Å². The Kier molecular flexibility index (Phi) is 6.52. The molecule has 0 aromatic heterocycles. The normalized spacial score (nSPS) is 19.8. The molecule has 0 spiro atoms. The van der Waals surface area contributed by atoms with Crippen molar-refractivity contribution in [1.29, 1.82) is 0 Å². The molecular formula is C13H18BrFO2. The lowest BCUT2D eigenvalue weighted by molar-refractivity contribution is 0.0380. The smallest absolute Gasteiger partial charge is 0.178 e. The van der Waals surface area contributed by atoms with E-state index in [2.05, 4.69) is 22.5 Å². The van der Waals surface area contributed by atoms with E-state index in [0.29, 0.717) is 17.0 Å². The third-order valence-corrected chi connectivity index (χ3v) is 3.49. The fourth-order valence-corrected chi connectivity index (χ4v) is 1.77. The minimum atomic E-state index is -0.408. The lowest BCUT2D eigenvalue weighted by Crippen LogP contribution is -2.20. The van der Waals surface area contributed by atoms with Crippen molar-refractivity contribution in [2.45, 2.75) is 19.8 Å². The van der Waals surface area contributed by atoms with Crippen molar-refractivity contribution in [2.75, 3.05) is 19.8 Å². The number of halogens is 2. The summed E-state index contributed by atoms with van der Waals surface area (Å²) >= 11 is 3.13. The van der Waals surface area contributed by atoms with Crippen molar-refractivity contribution < 1.29 is 13.9 Å². The SMILES string of the molecule is C=CC(OCC1CCOCC1)=C(F)C(Br)=CC. The third kappa shape index (κ3) is 4.64. The fourth-order valence-electron chi connectivity index (χ4n) is 1.58. The quantitative estimate of drug-likeness (QED) is 0.562. The van der Waals surface area contributed by atoms with E-state index in [-0.39, 0.29) is 5.76 Å². The zero-order chi connectivity index (χ0) is 12.7. The molecule has 17 heavy (non-hydrogen) atoms. The molecule has 0 saturated carbocycles. The van der Waals surface area contributed by atoms with E-state index >= 15 is 0 Å². The highest BCUT2D eigenvalue weighted by Crippen LogP contribution is 2.24. The maximum atomic E-state index is 13.8. The van der Waals surface area contributed by atoms with E-state index in [4.69, 9.17) is 9.47 Å². The van der Waals surface area contributed by atoms with Crippen LogP contribution >= 0.6 is 15.9 Å². The Morgan fingerprint density at radius 2 is 2.18 bits per heavy atom. The van der Waals surface area contributed by atoms with Crippen molar-refractivity contribution >= 4 is 15.9 Å². The highest BCUT2D eigenvalue weighted by Gasteiger charge is 2.16. The summed E-state index contributed by atoms with van der Waals surface area (Å²) in [7, 11) is 0. The second kappa shape index (κ2) is 7.67. The van der Waals surface area contributed by atoms with Crippen molar-refractivity contribution in [3.8, 4) is 0 Å². The molecule has 1 aliphatic heterocycles. The van der Waals surface area contributed by atoms with Gasteiger partial charge in [-0.25, -0.2) is 4.39 Å². The summed E-state index contributed by atoms with van der Waals surface area (Å²) in [4.78, 5) is 0. The van der Waals surface area contributed by atoms with E-state index in [1.54, 1.807) is 13.0 Å². The van der Waals surface area contributed by atoms with Crippen molar-refractivity contribution in [1.82, 2.24) is 0 Å². The first-order valence-electron chi connectivity index (χ1n) is 5.74. The molecule has 1 rings (SSSR count). The predicted octanol–water partition coefficient (Wildman–Crippen LogP) is 4.10.